The van der Waals surface area contributed by atoms with Gasteiger partial charge < -0.3 is 4.90 Å². The fourth-order valence-corrected chi connectivity index (χ4v) is 2.31. The molecule has 0 bridgehead atoms. The van der Waals surface area contributed by atoms with Crippen LogP contribution in [0.1, 0.15) is 33.6 Å². The van der Waals surface area contributed by atoms with E-state index < -0.39 is 0 Å². The number of rotatable bonds is 3. The van der Waals surface area contributed by atoms with Crippen molar-refractivity contribution in [3.63, 3.8) is 0 Å². The van der Waals surface area contributed by atoms with E-state index in [0.29, 0.717) is 13.0 Å². The number of carbonyl (C=O) groups is 1. The van der Waals surface area contributed by atoms with Gasteiger partial charge in [-0.05, 0) is 32.4 Å². The summed E-state index contributed by atoms with van der Waals surface area (Å²) >= 11 is 0. The molecule has 0 spiro atoms. The minimum Gasteiger partial charge on any atom is -0.312 e. The summed E-state index contributed by atoms with van der Waals surface area (Å²) in [5.74, 6) is 0.332. The van der Waals surface area contributed by atoms with Crippen molar-refractivity contribution in [1.82, 2.24) is 4.90 Å². The molecule has 0 saturated carbocycles. The Labute approximate surface area is 114 Å². The minimum absolute atomic E-state index is 0.0454. The molecule has 1 amide bonds. The van der Waals surface area contributed by atoms with Crippen LogP contribution in [0.3, 0.4) is 0 Å². The molecule has 0 aromatic heterocycles. The van der Waals surface area contributed by atoms with Gasteiger partial charge in [-0.25, -0.2) is 0 Å². The highest BCUT2D eigenvalue weighted by atomic mass is 16.2. The smallest absolute Gasteiger partial charge is 0.231 e. The second kappa shape index (κ2) is 5.03. The lowest BCUT2D eigenvalue weighted by molar-refractivity contribution is -0.131. The summed E-state index contributed by atoms with van der Waals surface area (Å²) in [4.78, 5) is 15.7. The number of para-hydroxylation sites is 1. The molecule has 1 aliphatic rings. The first-order chi connectivity index (χ1) is 8.97. The predicted octanol–water partition coefficient (Wildman–Crippen LogP) is 2.85. The van der Waals surface area contributed by atoms with Crippen LogP contribution in [0.5, 0.6) is 0 Å². The van der Waals surface area contributed by atoms with Gasteiger partial charge in [0, 0.05) is 24.2 Å². The van der Waals surface area contributed by atoms with Crippen molar-refractivity contribution in [3.05, 3.63) is 30.3 Å². The number of hydrogen-bond donors (Lipinski definition) is 1. The number of guanidine groups is 1. The molecule has 1 aromatic rings. The Morgan fingerprint density at radius 1 is 1.26 bits per heavy atom. The van der Waals surface area contributed by atoms with E-state index >= 15 is 0 Å². The molecular formula is C15H21N3O. The largest absolute Gasteiger partial charge is 0.312 e. The van der Waals surface area contributed by atoms with Crippen molar-refractivity contribution in [2.45, 2.75) is 39.2 Å². The molecule has 1 heterocycles. The Hall–Kier alpha value is -1.84. The summed E-state index contributed by atoms with van der Waals surface area (Å²) in [6.45, 7) is 6.64. The summed E-state index contributed by atoms with van der Waals surface area (Å²) in [5, 5.41) is 8.36. The lowest BCUT2D eigenvalue weighted by Gasteiger charge is -2.44. The molecule has 0 aliphatic carbocycles. The zero-order valence-corrected chi connectivity index (χ0v) is 11.8. The fraction of sp³-hybridized carbons (Fsp3) is 0.467. The summed E-state index contributed by atoms with van der Waals surface area (Å²) in [6, 6.07) is 9.81. The fourth-order valence-electron chi connectivity index (χ4n) is 2.31. The van der Waals surface area contributed by atoms with Gasteiger partial charge in [-0.1, -0.05) is 25.1 Å². The molecule has 0 unspecified atom stereocenters. The van der Waals surface area contributed by atoms with Crippen LogP contribution in [0.15, 0.2) is 30.3 Å². The predicted molar refractivity (Wildman–Crippen MR) is 77.3 cm³/mol. The Morgan fingerprint density at radius 3 is 2.47 bits per heavy atom. The third-order valence-electron chi connectivity index (χ3n) is 3.80. The van der Waals surface area contributed by atoms with Crippen molar-refractivity contribution >= 4 is 17.6 Å². The summed E-state index contributed by atoms with van der Waals surface area (Å²) < 4.78 is 0. The van der Waals surface area contributed by atoms with Crippen LogP contribution >= 0.6 is 0 Å². The van der Waals surface area contributed by atoms with Gasteiger partial charge in [0.15, 0.2) is 0 Å². The molecular weight excluding hydrogens is 238 g/mol. The van der Waals surface area contributed by atoms with Crippen LogP contribution in [0.25, 0.3) is 0 Å². The highest BCUT2D eigenvalue weighted by Crippen LogP contribution is 2.27. The van der Waals surface area contributed by atoms with Gasteiger partial charge in [0.2, 0.25) is 11.9 Å². The molecule has 19 heavy (non-hydrogen) atoms. The maximum atomic E-state index is 12.1. The summed E-state index contributed by atoms with van der Waals surface area (Å²) in [6.07, 6.45) is 1.28. The first-order valence-electron chi connectivity index (χ1n) is 6.71. The van der Waals surface area contributed by atoms with Crippen LogP contribution in [-0.2, 0) is 4.79 Å². The maximum Gasteiger partial charge on any atom is 0.231 e. The molecule has 102 valence electrons. The molecule has 0 atom stereocenters. The van der Waals surface area contributed by atoms with Crippen LogP contribution in [0.2, 0.25) is 0 Å². The van der Waals surface area contributed by atoms with Crippen molar-refractivity contribution in [2.24, 2.45) is 0 Å². The van der Waals surface area contributed by atoms with Gasteiger partial charge in [-0.15, -0.1) is 0 Å². The van der Waals surface area contributed by atoms with Crippen LogP contribution < -0.4 is 4.90 Å². The molecule has 1 fully saturated rings. The van der Waals surface area contributed by atoms with Gasteiger partial charge in [-0.2, -0.15) is 0 Å². The van der Waals surface area contributed by atoms with Gasteiger partial charge in [0.05, 0.1) is 0 Å². The van der Waals surface area contributed by atoms with Crippen molar-refractivity contribution in [1.29, 1.82) is 5.41 Å². The average Bonchev–Trinajstić information content (AvgIpc) is 2.39. The van der Waals surface area contributed by atoms with E-state index in [1.165, 1.54) is 0 Å². The Morgan fingerprint density at radius 2 is 1.89 bits per heavy atom. The standard InChI is InChI=1S/C15H21N3O/c1-4-15(2,3)18-13(19)10-11-17(14(18)16)12-8-6-5-7-9-12/h5-9,16H,4,10-11H2,1-3H3. The van der Waals surface area contributed by atoms with E-state index in [4.69, 9.17) is 5.41 Å². The third kappa shape index (κ3) is 2.48. The van der Waals surface area contributed by atoms with Crippen molar-refractivity contribution < 1.29 is 4.79 Å². The van der Waals surface area contributed by atoms with Crippen LogP contribution in [0.4, 0.5) is 5.69 Å². The minimum atomic E-state index is -0.318. The van der Waals surface area contributed by atoms with E-state index in [1.807, 2.05) is 56.0 Å². The van der Waals surface area contributed by atoms with E-state index in [9.17, 15) is 4.79 Å². The number of anilines is 1. The molecule has 2 rings (SSSR count). The topological polar surface area (TPSA) is 47.4 Å². The number of nitrogens with zero attached hydrogens (tertiary/aromatic N) is 2. The number of amides is 1. The quantitative estimate of drug-likeness (QED) is 0.907. The zero-order valence-electron chi connectivity index (χ0n) is 11.8. The van der Waals surface area contributed by atoms with Crippen molar-refractivity contribution in [3.8, 4) is 0 Å². The number of benzene rings is 1. The first kappa shape index (κ1) is 13.6. The lowest BCUT2D eigenvalue weighted by atomic mass is 9.97. The molecule has 1 aliphatic heterocycles. The monoisotopic (exact) mass is 259 g/mol. The van der Waals surface area contributed by atoms with Gasteiger partial charge in [0.1, 0.15) is 0 Å². The molecule has 1 N–H and O–H groups in total. The third-order valence-corrected chi connectivity index (χ3v) is 3.80. The Bertz CT molecular complexity index is 481. The molecule has 4 nitrogen and oxygen atoms in total. The maximum absolute atomic E-state index is 12.1. The second-order valence-corrected chi connectivity index (χ2v) is 5.46. The zero-order chi connectivity index (χ0) is 14.0. The Kier molecular flexibility index (Phi) is 3.60. The second-order valence-electron chi connectivity index (χ2n) is 5.46. The van der Waals surface area contributed by atoms with Crippen molar-refractivity contribution in [2.75, 3.05) is 11.4 Å². The summed E-state index contributed by atoms with van der Waals surface area (Å²) in [7, 11) is 0. The van der Waals surface area contributed by atoms with Crippen LogP contribution in [0, 0.1) is 5.41 Å². The first-order valence-corrected chi connectivity index (χ1v) is 6.71. The van der Waals surface area contributed by atoms with E-state index in [0.717, 1.165) is 12.1 Å². The van der Waals surface area contributed by atoms with E-state index in [-0.39, 0.29) is 17.4 Å². The lowest BCUT2D eigenvalue weighted by Crippen LogP contribution is -2.60. The molecule has 1 aromatic carbocycles. The van der Waals surface area contributed by atoms with Crippen LogP contribution in [-0.4, -0.2) is 28.9 Å². The highest BCUT2D eigenvalue weighted by molar-refractivity contribution is 6.07. The molecule has 0 radical (unpaired) electrons. The highest BCUT2D eigenvalue weighted by Gasteiger charge is 2.38. The van der Waals surface area contributed by atoms with Gasteiger partial charge >= 0.3 is 0 Å². The van der Waals surface area contributed by atoms with E-state index in [1.54, 1.807) is 4.90 Å². The normalized spacial score (nSPS) is 17.0. The summed E-state index contributed by atoms with van der Waals surface area (Å²) in [5.41, 5.74) is 0.652. The van der Waals surface area contributed by atoms with E-state index in [2.05, 4.69) is 0 Å². The number of hydrogen-bond acceptors (Lipinski definition) is 2. The number of carbonyl (C=O) groups excluding carboxylic acids is 1. The number of nitrogens with one attached hydrogen (secondary N) is 1. The van der Waals surface area contributed by atoms with Gasteiger partial charge in [-0.3, -0.25) is 15.1 Å². The SMILES string of the molecule is CCC(C)(C)N1C(=N)N(c2ccccc2)CCC1=O. The molecule has 1 saturated heterocycles. The Balaban J connectivity index is 2.32. The molecule has 4 heteroatoms. The average molecular weight is 259 g/mol. The van der Waals surface area contributed by atoms with Gasteiger partial charge in [0.25, 0.3) is 0 Å².